The highest BCUT2D eigenvalue weighted by molar-refractivity contribution is 5.69. The first-order valence-electron chi connectivity index (χ1n) is 12.9. The SMILES string of the molecule is C#CCCCCCCCCCC(=O)OCC1(CO)CC(O)C(O)[C@@H](O[C@H]2OC(CO)[C@@H](O)C(O)C2O)O1. The number of terminal acetylenes is 1. The Bertz CT molecular complexity index is 712. The molecule has 2 heterocycles. The van der Waals surface area contributed by atoms with Gasteiger partial charge in [0.1, 0.15) is 42.7 Å². The van der Waals surface area contributed by atoms with Gasteiger partial charge in [-0.15, -0.1) is 12.3 Å². The normalized spacial score (nSPS) is 36.2. The fourth-order valence-corrected chi connectivity index (χ4v) is 4.37. The van der Waals surface area contributed by atoms with E-state index in [1.165, 1.54) is 0 Å². The van der Waals surface area contributed by atoms with Crippen LogP contribution in [0.4, 0.5) is 0 Å². The maximum absolute atomic E-state index is 12.2. The zero-order valence-electron chi connectivity index (χ0n) is 21.1. The van der Waals surface area contributed by atoms with E-state index in [1.54, 1.807) is 0 Å². The van der Waals surface area contributed by atoms with Gasteiger partial charge in [-0.1, -0.05) is 32.1 Å². The van der Waals surface area contributed by atoms with E-state index in [0.29, 0.717) is 6.42 Å². The minimum Gasteiger partial charge on any atom is -0.462 e. The lowest BCUT2D eigenvalue weighted by Crippen LogP contribution is -2.63. The molecule has 0 amide bonds. The molecule has 7 N–H and O–H groups in total. The molecule has 214 valence electrons. The summed E-state index contributed by atoms with van der Waals surface area (Å²) in [6.07, 6.45) is -0.0310. The van der Waals surface area contributed by atoms with Crippen LogP contribution in [0.15, 0.2) is 0 Å². The molecule has 2 rings (SSSR count). The van der Waals surface area contributed by atoms with E-state index in [-0.39, 0.29) is 12.8 Å². The minimum atomic E-state index is -1.77. The third-order valence-corrected chi connectivity index (χ3v) is 6.72. The van der Waals surface area contributed by atoms with Gasteiger partial charge in [0.05, 0.1) is 19.3 Å². The Morgan fingerprint density at radius 3 is 2.16 bits per heavy atom. The molecule has 37 heavy (non-hydrogen) atoms. The second-order valence-corrected chi connectivity index (χ2v) is 9.76. The van der Waals surface area contributed by atoms with Gasteiger partial charge in [-0.05, 0) is 12.8 Å². The van der Waals surface area contributed by atoms with E-state index >= 15 is 0 Å². The van der Waals surface area contributed by atoms with Crippen molar-refractivity contribution in [3.63, 3.8) is 0 Å². The molecule has 2 saturated heterocycles. The van der Waals surface area contributed by atoms with Gasteiger partial charge in [0.2, 0.25) is 0 Å². The fraction of sp³-hybridized carbons (Fsp3) is 0.880. The van der Waals surface area contributed by atoms with Crippen LogP contribution >= 0.6 is 0 Å². The first-order chi connectivity index (χ1) is 17.7. The van der Waals surface area contributed by atoms with E-state index < -0.39 is 80.6 Å². The van der Waals surface area contributed by atoms with Crippen LogP contribution in [-0.4, -0.2) is 116 Å². The van der Waals surface area contributed by atoms with Gasteiger partial charge in [0.25, 0.3) is 0 Å². The molecule has 0 radical (unpaired) electrons. The number of esters is 1. The highest BCUT2D eigenvalue weighted by Gasteiger charge is 2.51. The standard InChI is InChI=1S/C25H42O12/c1-2-3-4-5-6-7-8-9-10-11-18(29)34-15-25(14-27)12-16(28)19(30)24(37-25)36-23-22(33)21(32)20(31)17(13-26)35-23/h1,16-17,19-24,26-28,30-33H,3-15H2/t16?,17?,19?,20-,21?,22?,23-,24+,25?/m1/s1. The zero-order chi connectivity index (χ0) is 27.4. The van der Waals surface area contributed by atoms with Gasteiger partial charge in [-0.2, -0.15) is 0 Å². The summed E-state index contributed by atoms with van der Waals surface area (Å²) in [5.41, 5.74) is -1.61. The molecule has 0 bridgehead atoms. The van der Waals surface area contributed by atoms with Crippen molar-refractivity contribution in [1.29, 1.82) is 0 Å². The fourth-order valence-electron chi connectivity index (χ4n) is 4.37. The molecule has 9 atom stereocenters. The number of hydrogen-bond donors (Lipinski definition) is 7. The summed E-state index contributed by atoms with van der Waals surface area (Å²) in [5, 5.41) is 70.0. The molecule has 2 aliphatic heterocycles. The predicted octanol–water partition coefficient (Wildman–Crippen LogP) is -1.31. The summed E-state index contributed by atoms with van der Waals surface area (Å²) >= 11 is 0. The monoisotopic (exact) mass is 534 g/mol. The second-order valence-electron chi connectivity index (χ2n) is 9.76. The summed E-state index contributed by atoms with van der Waals surface area (Å²) < 4.78 is 21.6. The van der Waals surface area contributed by atoms with Crippen molar-refractivity contribution in [2.24, 2.45) is 0 Å². The number of carbonyl (C=O) groups is 1. The van der Waals surface area contributed by atoms with E-state index in [1.807, 2.05) is 0 Å². The van der Waals surface area contributed by atoms with Crippen LogP contribution in [0.25, 0.3) is 0 Å². The molecule has 12 nitrogen and oxygen atoms in total. The van der Waals surface area contributed by atoms with Crippen LogP contribution in [0.5, 0.6) is 0 Å². The van der Waals surface area contributed by atoms with Gasteiger partial charge in [-0.3, -0.25) is 4.79 Å². The van der Waals surface area contributed by atoms with Crippen molar-refractivity contribution in [2.45, 2.75) is 119 Å². The smallest absolute Gasteiger partial charge is 0.305 e. The van der Waals surface area contributed by atoms with Crippen molar-refractivity contribution >= 4 is 5.97 Å². The zero-order valence-corrected chi connectivity index (χ0v) is 21.1. The van der Waals surface area contributed by atoms with E-state index in [4.69, 9.17) is 25.4 Å². The molecule has 0 spiro atoms. The molecule has 0 aromatic heterocycles. The van der Waals surface area contributed by atoms with Gasteiger partial charge in [0, 0.05) is 19.3 Å². The number of aliphatic hydroxyl groups is 7. The molecule has 0 aliphatic carbocycles. The third-order valence-electron chi connectivity index (χ3n) is 6.72. The minimum absolute atomic E-state index is 0.175. The number of ether oxygens (including phenoxy) is 4. The molecule has 2 aliphatic rings. The Labute approximate surface area is 217 Å². The first kappa shape index (κ1) is 31.8. The summed E-state index contributed by atoms with van der Waals surface area (Å²) in [6, 6.07) is 0. The van der Waals surface area contributed by atoms with Crippen molar-refractivity contribution < 1.29 is 59.5 Å². The van der Waals surface area contributed by atoms with Gasteiger partial charge >= 0.3 is 5.97 Å². The predicted molar refractivity (Wildman–Crippen MR) is 128 cm³/mol. The van der Waals surface area contributed by atoms with Crippen LogP contribution in [0.3, 0.4) is 0 Å². The number of carbonyl (C=O) groups excluding carboxylic acids is 1. The van der Waals surface area contributed by atoms with Crippen LogP contribution < -0.4 is 0 Å². The van der Waals surface area contributed by atoms with Crippen molar-refractivity contribution in [2.75, 3.05) is 19.8 Å². The Morgan fingerprint density at radius 1 is 0.892 bits per heavy atom. The summed E-state index contributed by atoms with van der Waals surface area (Å²) in [4.78, 5) is 12.2. The first-order valence-corrected chi connectivity index (χ1v) is 12.9. The Kier molecular flexibility index (Phi) is 13.7. The van der Waals surface area contributed by atoms with Gasteiger partial charge in [-0.25, -0.2) is 0 Å². The van der Waals surface area contributed by atoms with Crippen molar-refractivity contribution in [3.05, 3.63) is 0 Å². The quantitative estimate of drug-likeness (QED) is 0.0745. The second kappa shape index (κ2) is 15.9. The summed E-state index contributed by atoms with van der Waals surface area (Å²) in [7, 11) is 0. The molecule has 2 fully saturated rings. The van der Waals surface area contributed by atoms with Crippen molar-refractivity contribution in [3.8, 4) is 12.3 Å². The molecule has 0 saturated carbocycles. The lowest BCUT2D eigenvalue weighted by molar-refractivity contribution is -0.382. The lowest BCUT2D eigenvalue weighted by atomic mass is 9.91. The van der Waals surface area contributed by atoms with E-state index in [2.05, 4.69) is 5.92 Å². The van der Waals surface area contributed by atoms with Crippen LogP contribution in [-0.2, 0) is 23.7 Å². The molecule has 6 unspecified atom stereocenters. The van der Waals surface area contributed by atoms with Crippen molar-refractivity contribution in [1.82, 2.24) is 0 Å². The highest BCUT2D eigenvalue weighted by Crippen LogP contribution is 2.33. The summed E-state index contributed by atoms with van der Waals surface area (Å²) in [5.74, 6) is 2.11. The number of hydrogen-bond acceptors (Lipinski definition) is 12. The summed E-state index contributed by atoms with van der Waals surface area (Å²) in [6.45, 7) is -1.79. The average molecular weight is 535 g/mol. The molecule has 12 heteroatoms. The number of unbranched alkanes of at least 4 members (excludes halogenated alkanes) is 7. The maximum atomic E-state index is 12.2. The lowest BCUT2D eigenvalue weighted by Gasteiger charge is -2.46. The van der Waals surface area contributed by atoms with Crippen LogP contribution in [0.1, 0.15) is 64.2 Å². The third kappa shape index (κ3) is 9.40. The van der Waals surface area contributed by atoms with Gasteiger partial charge < -0.3 is 54.7 Å². The van der Waals surface area contributed by atoms with E-state index in [9.17, 15) is 40.5 Å². The topological polar surface area (TPSA) is 196 Å². The van der Waals surface area contributed by atoms with Crippen LogP contribution in [0, 0.1) is 12.3 Å². The van der Waals surface area contributed by atoms with Crippen LogP contribution in [0.2, 0.25) is 0 Å². The molecular weight excluding hydrogens is 492 g/mol. The largest absolute Gasteiger partial charge is 0.462 e. The number of aliphatic hydroxyl groups excluding tert-OH is 7. The average Bonchev–Trinajstić information content (AvgIpc) is 2.89. The number of rotatable bonds is 15. The van der Waals surface area contributed by atoms with E-state index in [0.717, 1.165) is 44.9 Å². The maximum Gasteiger partial charge on any atom is 0.305 e. The van der Waals surface area contributed by atoms with Gasteiger partial charge in [0.15, 0.2) is 12.6 Å². The Balaban J connectivity index is 1.83. The Morgan fingerprint density at radius 2 is 1.54 bits per heavy atom. The highest BCUT2D eigenvalue weighted by atomic mass is 16.8. The molecule has 0 aromatic carbocycles. The molecule has 0 aromatic rings. The molecular formula is C25H42O12. The Hall–Kier alpha value is -1.37.